The van der Waals surface area contributed by atoms with E-state index in [1.807, 2.05) is 0 Å². The number of aryl methyl sites for hydroxylation is 1. The van der Waals surface area contributed by atoms with Gasteiger partial charge in [-0.15, -0.1) is 11.3 Å². The first-order valence-corrected chi connectivity index (χ1v) is 13.7. The maximum absolute atomic E-state index is 13.7. The molecular formula is C24H23ClN4O5S2. The smallest absolute Gasteiger partial charge is 0.348 e. The lowest BCUT2D eigenvalue weighted by molar-refractivity contribution is 0.0531. The molecule has 0 aliphatic carbocycles. The summed E-state index contributed by atoms with van der Waals surface area (Å²) in [6.07, 6.45) is 3.24. The van der Waals surface area contributed by atoms with E-state index in [-0.39, 0.29) is 23.8 Å². The number of thiophene rings is 1. The number of pyridine rings is 1. The molecule has 12 heteroatoms. The summed E-state index contributed by atoms with van der Waals surface area (Å²) < 4.78 is 14.0. The normalized spacial score (nSPS) is 15.7. The van der Waals surface area contributed by atoms with Gasteiger partial charge in [-0.05, 0) is 44.4 Å². The van der Waals surface area contributed by atoms with Crippen molar-refractivity contribution < 1.29 is 14.3 Å². The molecule has 0 amide bonds. The summed E-state index contributed by atoms with van der Waals surface area (Å²) in [5.41, 5.74) is 1.15. The fraction of sp³-hybridized carbons (Fsp3) is 0.375. The molecule has 0 saturated carbocycles. The van der Waals surface area contributed by atoms with E-state index in [1.165, 1.54) is 28.4 Å². The third-order valence-electron chi connectivity index (χ3n) is 5.91. The number of fused-ring (bicyclic) bond motifs is 2. The number of nitrogens with zero attached hydrogens (tertiary/aromatic N) is 4. The molecule has 4 aromatic rings. The first-order chi connectivity index (χ1) is 17.4. The predicted octanol–water partition coefficient (Wildman–Crippen LogP) is 4.08. The highest BCUT2D eigenvalue weighted by Crippen LogP contribution is 2.31. The SMILES string of the molecule is CCOC(=O)c1sc2nc(SCc3cc(=O)n4cc(Cl)ccc4n3)n(C[C@@H]3CCCO3)c(=O)c2c1C. The van der Waals surface area contributed by atoms with Crippen molar-refractivity contribution in [2.75, 3.05) is 13.2 Å². The van der Waals surface area contributed by atoms with E-state index in [0.717, 1.165) is 24.2 Å². The number of thioether (sulfide) groups is 1. The van der Waals surface area contributed by atoms with Gasteiger partial charge >= 0.3 is 5.97 Å². The number of rotatable bonds is 7. The van der Waals surface area contributed by atoms with Gasteiger partial charge in [0, 0.05) is 24.6 Å². The van der Waals surface area contributed by atoms with Crippen molar-refractivity contribution >= 4 is 56.5 Å². The van der Waals surface area contributed by atoms with Crippen molar-refractivity contribution in [2.45, 2.75) is 50.2 Å². The first kappa shape index (κ1) is 24.9. The number of esters is 1. The van der Waals surface area contributed by atoms with Crippen LogP contribution in [0.5, 0.6) is 0 Å². The number of hydrogen-bond acceptors (Lipinski definition) is 9. The molecule has 0 bridgehead atoms. The van der Waals surface area contributed by atoms with Crippen LogP contribution in [0.1, 0.15) is 40.7 Å². The van der Waals surface area contributed by atoms with E-state index in [1.54, 1.807) is 30.5 Å². The molecule has 4 aromatic heterocycles. The summed E-state index contributed by atoms with van der Waals surface area (Å²) in [7, 11) is 0. The average Bonchev–Trinajstić information content (AvgIpc) is 3.48. The second-order valence-electron chi connectivity index (χ2n) is 8.35. The fourth-order valence-electron chi connectivity index (χ4n) is 4.19. The van der Waals surface area contributed by atoms with Crippen molar-refractivity contribution in [2.24, 2.45) is 0 Å². The highest BCUT2D eigenvalue weighted by molar-refractivity contribution is 7.98. The van der Waals surface area contributed by atoms with E-state index in [4.69, 9.17) is 26.1 Å². The van der Waals surface area contributed by atoms with Crippen LogP contribution in [-0.2, 0) is 21.8 Å². The van der Waals surface area contributed by atoms with Gasteiger partial charge in [0.05, 0.1) is 35.4 Å². The largest absolute Gasteiger partial charge is 0.462 e. The zero-order valence-corrected chi connectivity index (χ0v) is 22.0. The summed E-state index contributed by atoms with van der Waals surface area (Å²) >= 11 is 8.47. The van der Waals surface area contributed by atoms with E-state index in [9.17, 15) is 14.4 Å². The molecule has 1 aliphatic rings. The highest BCUT2D eigenvalue weighted by atomic mass is 35.5. The minimum atomic E-state index is -0.460. The second kappa shape index (κ2) is 10.3. The molecule has 5 heterocycles. The molecule has 1 aliphatic heterocycles. The number of aromatic nitrogens is 4. The third kappa shape index (κ3) is 4.80. The van der Waals surface area contributed by atoms with Gasteiger partial charge in [0.25, 0.3) is 11.1 Å². The number of halogens is 1. The molecule has 1 saturated heterocycles. The Morgan fingerprint density at radius 2 is 2.17 bits per heavy atom. The van der Waals surface area contributed by atoms with Gasteiger partial charge in [0.2, 0.25) is 0 Å². The maximum Gasteiger partial charge on any atom is 0.348 e. The van der Waals surface area contributed by atoms with Gasteiger partial charge < -0.3 is 9.47 Å². The lowest BCUT2D eigenvalue weighted by Gasteiger charge is -2.16. The lowest BCUT2D eigenvalue weighted by Crippen LogP contribution is -2.28. The Labute approximate surface area is 219 Å². The van der Waals surface area contributed by atoms with Gasteiger partial charge in [-0.3, -0.25) is 18.6 Å². The summed E-state index contributed by atoms with van der Waals surface area (Å²) in [6.45, 7) is 4.76. The van der Waals surface area contributed by atoms with Crippen LogP contribution in [0.4, 0.5) is 0 Å². The highest BCUT2D eigenvalue weighted by Gasteiger charge is 2.25. The molecular weight excluding hydrogens is 524 g/mol. The fourth-order valence-corrected chi connectivity index (χ4v) is 6.37. The molecule has 1 fully saturated rings. The summed E-state index contributed by atoms with van der Waals surface area (Å²) in [5, 5.41) is 1.35. The predicted molar refractivity (Wildman–Crippen MR) is 140 cm³/mol. The van der Waals surface area contributed by atoms with Crippen molar-refractivity contribution in [3.8, 4) is 0 Å². The van der Waals surface area contributed by atoms with Crippen LogP contribution in [0.25, 0.3) is 15.9 Å². The standard InChI is InChI=1S/C24H23ClN4O5S2/c1-3-33-23(32)20-13(2)19-21(36-20)27-24(29(22(19)31)11-16-5-4-8-34-16)35-12-15-9-18(30)28-10-14(25)6-7-17(28)26-15/h6-7,9-10,16H,3-5,8,11-12H2,1-2H3/t16-/m0/s1. The molecule has 0 spiro atoms. The van der Waals surface area contributed by atoms with E-state index in [2.05, 4.69) is 4.98 Å². The number of carbonyl (C=O) groups is 1. The van der Waals surface area contributed by atoms with Gasteiger partial charge in [-0.1, -0.05) is 23.4 Å². The summed E-state index contributed by atoms with van der Waals surface area (Å²) in [6, 6.07) is 4.81. The van der Waals surface area contributed by atoms with Crippen LogP contribution in [-0.4, -0.2) is 44.2 Å². The number of carbonyl (C=O) groups excluding carboxylic acids is 1. The van der Waals surface area contributed by atoms with E-state index < -0.39 is 5.97 Å². The Kier molecular flexibility index (Phi) is 7.16. The van der Waals surface area contributed by atoms with Crippen LogP contribution in [0.15, 0.2) is 39.1 Å². The Bertz CT molecular complexity index is 1590. The Morgan fingerprint density at radius 3 is 2.92 bits per heavy atom. The quantitative estimate of drug-likeness (QED) is 0.194. The molecule has 0 aromatic carbocycles. The van der Waals surface area contributed by atoms with Crippen LogP contribution >= 0.6 is 34.7 Å². The van der Waals surface area contributed by atoms with Crippen LogP contribution in [0.2, 0.25) is 5.02 Å². The zero-order valence-electron chi connectivity index (χ0n) is 19.7. The van der Waals surface area contributed by atoms with Crippen molar-refractivity contribution in [1.82, 2.24) is 18.9 Å². The van der Waals surface area contributed by atoms with Gasteiger partial charge in [0.15, 0.2) is 5.16 Å². The van der Waals surface area contributed by atoms with E-state index >= 15 is 0 Å². The summed E-state index contributed by atoms with van der Waals surface area (Å²) in [4.78, 5) is 48.8. The molecule has 5 rings (SSSR count). The molecule has 188 valence electrons. The van der Waals surface area contributed by atoms with Crippen LogP contribution in [0, 0.1) is 6.92 Å². The third-order valence-corrected chi connectivity index (χ3v) is 8.31. The monoisotopic (exact) mass is 546 g/mol. The molecule has 1 atom stereocenters. The Balaban J connectivity index is 1.54. The average molecular weight is 547 g/mol. The van der Waals surface area contributed by atoms with Crippen molar-refractivity contribution in [3.05, 3.63) is 66.3 Å². The van der Waals surface area contributed by atoms with Gasteiger partial charge in [-0.25, -0.2) is 14.8 Å². The van der Waals surface area contributed by atoms with Crippen LogP contribution < -0.4 is 11.1 Å². The number of hydrogen-bond donors (Lipinski definition) is 0. The topological polar surface area (TPSA) is 105 Å². The maximum atomic E-state index is 13.7. The lowest BCUT2D eigenvalue weighted by atomic mass is 10.2. The van der Waals surface area contributed by atoms with Gasteiger partial charge in [-0.2, -0.15) is 0 Å². The molecule has 0 N–H and O–H groups in total. The Hall–Kier alpha value is -2.73. The molecule has 36 heavy (non-hydrogen) atoms. The van der Waals surface area contributed by atoms with E-state index in [0.29, 0.717) is 61.1 Å². The summed E-state index contributed by atoms with van der Waals surface area (Å²) in [5.74, 6) is -0.134. The van der Waals surface area contributed by atoms with Gasteiger partial charge in [0.1, 0.15) is 15.4 Å². The molecule has 0 radical (unpaired) electrons. The van der Waals surface area contributed by atoms with Crippen molar-refractivity contribution in [3.63, 3.8) is 0 Å². The van der Waals surface area contributed by atoms with Crippen molar-refractivity contribution in [1.29, 1.82) is 0 Å². The van der Waals surface area contributed by atoms with Crippen LogP contribution in [0.3, 0.4) is 0 Å². The zero-order chi connectivity index (χ0) is 25.4. The molecule has 9 nitrogen and oxygen atoms in total. The minimum absolute atomic E-state index is 0.0852. The second-order valence-corrected chi connectivity index (χ2v) is 10.7. The Morgan fingerprint density at radius 1 is 1.33 bits per heavy atom. The minimum Gasteiger partial charge on any atom is -0.462 e. The molecule has 0 unspecified atom stereocenters. The number of ether oxygens (including phenoxy) is 2. The first-order valence-electron chi connectivity index (χ1n) is 11.5.